The second kappa shape index (κ2) is 8.53. The van der Waals surface area contributed by atoms with Crippen LogP contribution in [0.4, 0.5) is 0 Å². The van der Waals surface area contributed by atoms with Gasteiger partial charge in [0.25, 0.3) is 5.91 Å². The van der Waals surface area contributed by atoms with Crippen LogP contribution < -0.4 is 10.9 Å². The number of carbonyl (C=O) groups excluding carboxylic acids is 1. The number of β-lactam (4-membered cyclic amide) rings is 1. The molecule has 1 aliphatic heterocycles. The quantitative estimate of drug-likeness (QED) is 0.141. The van der Waals surface area contributed by atoms with Crippen molar-refractivity contribution in [3.8, 4) is 5.75 Å². The predicted octanol–water partition coefficient (Wildman–Crippen LogP) is 0.0881. The van der Waals surface area contributed by atoms with E-state index in [2.05, 4.69) is 10.5 Å². The highest BCUT2D eigenvalue weighted by atomic mass is 32.2. The number of pyridine rings is 1. The fourth-order valence-corrected chi connectivity index (χ4v) is 4.37. The first-order valence-corrected chi connectivity index (χ1v) is 10.8. The fraction of sp³-hybridized carbons (Fsp3) is 0.312. The van der Waals surface area contributed by atoms with Crippen LogP contribution in [0.15, 0.2) is 39.6 Å². The third-order valence-electron chi connectivity index (χ3n) is 4.31. The van der Waals surface area contributed by atoms with Gasteiger partial charge in [0, 0.05) is 17.2 Å². The Morgan fingerprint density at radius 2 is 2.17 bits per heavy atom. The molecule has 162 valence electrons. The third kappa shape index (κ3) is 4.52. The molecule has 2 aromatic rings. The third-order valence-corrected chi connectivity index (χ3v) is 6.28. The van der Waals surface area contributed by atoms with Crippen LogP contribution in [0.2, 0.25) is 0 Å². The first kappa shape index (κ1) is 21.9. The van der Waals surface area contributed by atoms with E-state index in [1.807, 2.05) is 0 Å². The zero-order chi connectivity index (χ0) is 22.1. The number of hydroxylamine groups is 1. The fourth-order valence-electron chi connectivity index (χ4n) is 2.77. The van der Waals surface area contributed by atoms with Gasteiger partial charge in [0.2, 0.25) is 5.43 Å². The van der Waals surface area contributed by atoms with E-state index in [0.717, 1.165) is 17.1 Å². The lowest BCUT2D eigenvalue weighted by molar-refractivity contribution is -0.139. The number of aromatic nitrogens is 1. The van der Waals surface area contributed by atoms with Crippen molar-refractivity contribution in [2.75, 3.05) is 0 Å². The maximum atomic E-state index is 12.0. The second-order valence-corrected chi connectivity index (χ2v) is 8.62. The van der Waals surface area contributed by atoms with Gasteiger partial charge in [0.05, 0.1) is 17.9 Å². The summed E-state index contributed by atoms with van der Waals surface area (Å²) in [6, 6.07) is 2.12. The number of nitrogens with zero attached hydrogens (tertiary/aromatic N) is 3. The highest BCUT2D eigenvalue weighted by Gasteiger charge is 2.50. The average molecular weight is 458 g/mol. The number of carbonyl (C=O) groups is 1. The van der Waals surface area contributed by atoms with E-state index >= 15 is 0 Å². The van der Waals surface area contributed by atoms with Crippen molar-refractivity contribution >= 4 is 33.8 Å². The van der Waals surface area contributed by atoms with Crippen LogP contribution in [0, 0.1) is 0 Å². The summed E-state index contributed by atoms with van der Waals surface area (Å²) in [6.07, 6.45) is 2.21. The highest BCUT2D eigenvalue weighted by Crippen LogP contribution is 2.26. The Hall–Kier alpha value is -2.78. The van der Waals surface area contributed by atoms with Crippen LogP contribution >= 0.6 is 11.3 Å². The summed E-state index contributed by atoms with van der Waals surface area (Å²) in [5.41, 5.74) is 2.07. The van der Waals surface area contributed by atoms with Crippen molar-refractivity contribution in [2.24, 2.45) is 4.99 Å². The molecule has 4 N–H and O–H groups in total. The van der Waals surface area contributed by atoms with Crippen molar-refractivity contribution in [1.82, 2.24) is 14.5 Å². The van der Waals surface area contributed by atoms with E-state index < -0.39 is 45.5 Å². The minimum Gasteiger partial charge on any atom is -0.503 e. The van der Waals surface area contributed by atoms with Gasteiger partial charge in [-0.25, -0.2) is 4.31 Å². The summed E-state index contributed by atoms with van der Waals surface area (Å²) in [5.74, 6) is -1.46. The zero-order valence-corrected chi connectivity index (χ0v) is 17.1. The molecule has 3 atom stereocenters. The number of thiophene rings is 1. The number of aromatic hydroxyl groups is 1. The van der Waals surface area contributed by atoms with Crippen molar-refractivity contribution in [3.05, 3.63) is 50.6 Å². The van der Waals surface area contributed by atoms with Gasteiger partial charge in [0.1, 0.15) is 12.6 Å². The summed E-state index contributed by atoms with van der Waals surface area (Å²) >= 11 is 1.37. The van der Waals surface area contributed by atoms with E-state index in [9.17, 15) is 28.3 Å². The second-order valence-electron chi connectivity index (χ2n) is 6.35. The van der Waals surface area contributed by atoms with Gasteiger partial charge in [-0.2, -0.15) is 18.6 Å². The van der Waals surface area contributed by atoms with E-state index in [4.69, 9.17) is 9.39 Å². The Balaban J connectivity index is 1.68. The summed E-state index contributed by atoms with van der Waals surface area (Å²) in [6.45, 7) is 1.20. The molecule has 0 aliphatic carbocycles. The minimum atomic E-state index is -4.63. The molecule has 0 spiro atoms. The molecule has 0 bridgehead atoms. The molecule has 1 unspecified atom stereocenters. The van der Waals surface area contributed by atoms with Crippen molar-refractivity contribution in [2.45, 2.75) is 31.7 Å². The Morgan fingerprint density at radius 3 is 2.77 bits per heavy atom. The minimum absolute atomic E-state index is 0.0683. The normalized spacial score (nSPS) is 20.5. The number of nitrogens with one attached hydrogen (secondary N) is 1. The van der Waals surface area contributed by atoms with Crippen LogP contribution in [0.1, 0.15) is 23.5 Å². The largest absolute Gasteiger partial charge is 0.503 e. The Bertz CT molecular complexity index is 1110. The smallest absolute Gasteiger partial charge is 0.362 e. The Labute approximate surface area is 174 Å². The Kier molecular flexibility index (Phi) is 6.23. The summed E-state index contributed by atoms with van der Waals surface area (Å²) in [5, 5.41) is 20.8. The SMILES string of the molecule is C[C@H]1[C@H](N=CC(NOCc2cc(=O)c(O)cn2O)c2cccs2)C(=O)N1S(=O)(=O)O. The monoisotopic (exact) mass is 458 g/mol. The molecule has 12 nitrogen and oxygen atoms in total. The number of amides is 1. The molecular formula is C16H18N4O8S2. The molecule has 3 rings (SSSR count). The first-order chi connectivity index (χ1) is 14.1. The lowest BCUT2D eigenvalue weighted by Gasteiger charge is -2.39. The van der Waals surface area contributed by atoms with Gasteiger partial charge >= 0.3 is 10.3 Å². The number of hydrogen-bond donors (Lipinski definition) is 4. The van der Waals surface area contributed by atoms with E-state index in [1.165, 1.54) is 24.5 Å². The number of rotatable bonds is 8. The lowest BCUT2D eigenvalue weighted by atomic mass is 10.0. The number of aliphatic imine (C=N–C) groups is 1. The van der Waals surface area contributed by atoms with Gasteiger partial charge in [-0.3, -0.25) is 24.0 Å². The van der Waals surface area contributed by atoms with Crippen molar-refractivity contribution in [1.29, 1.82) is 0 Å². The lowest BCUT2D eigenvalue weighted by Crippen LogP contribution is -2.64. The van der Waals surface area contributed by atoms with Crippen molar-refractivity contribution in [3.63, 3.8) is 0 Å². The maximum absolute atomic E-state index is 12.0. The van der Waals surface area contributed by atoms with Gasteiger partial charge in [-0.05, 0) is 18.4 Å². The van der Waals surface area contributed by atoms with E-state index in [0.29, 0.717) is 9.04 Å². The van der Waals surface area contributed by atoms with Crippen LogP contribution in [0.25, 0.3) is 0 Å². The van der Waals surface area contributed by atoms with Gasteiger partial charge < -0.3 is 10.3 Å². The van der Waals surface area contributed by atoms with E-state index in [1.54, 1.807) is 17.5 Å². The predicted molar refractivity (Wildman–Crippen MR) is 105 cm³/mol. The molecule has 14 heteroatoms. The van der Waals surface area contributed by atoms with Crippen LogP contribution in [0.5, 0.6) is 5.75 Å². The molecule has 30 heavy (non-hydrogen) atoms. The molecule has 1 aliphatic rings. The topological polar surface area (TPSA) is 171 Å². The molecule has 0 radical (unpaired) electrons. The molecule has 1 fully saturated rings. The number of hydrogen-bond acceptors (Lipinski definition) is 10. The molecule has 1 amide bonds. The molecule has 3 heterocycles. The molecular weight excluding hydrogens is 440 g/mol. The van der Waals surface area contributed by atoms with Gasteiger partial charge in [-0.15, -0.1) is 11.3 Å². The standard InChI is InChI=1S/C16H18N4O8S2/c1-9-15(16(23)20(9)30(25,26)27)17-6-11(14-3-2-4-29-14)18-28-8-10-5-12(21)13(22)7-19(10)24/h2-7,9,11,15,18,22,24H,8H2,1H3,(H,25,26,27)/t9-,11?,15-/m0/s1. The van der Waals surface area contributed by atoms with Crippen molar-refractivity contribution < 1.29 is 32.9 Å². The first-order valence-electron chi connectivity index (χ1n) is 8.48. The van der Waals surface area contributed by atoms with Crippen LogP contribution in [0.3, 0.4) is 0 Å². The Morgan fingerprint density at radius 1 is 1.43 bits per heavy atom. The van der Waals surface area contributed by atoms with Crippen LogP contribution in [-0.2, 0) is 26.5 Å². The van der Waals surface area contributed by atoms with Crippen LogP contribution in [-0.4, -0.2) is 56.5 Å². The zero-order valence-electron chi connectivity index (χ0n) is 15.4. The summed E-state index contributed by atoms with van der Waals surface area (Å²) in [4.78, 5) is 33.6. The molecule has 0 aromatic carbocycles. The maximum Gasteiger partial charge on any atom is 0.362 e. The molecule has 1 saturated heterocycles. The molecule has 0 saturated carbocycles. The summed E-state index contributed by atoms with van der Waals surface area (Å²) < 4.78 is 32.3. The van der Waals surface area contributed by atoms with Gasteiger partial charge in [0.15, 0.2) is 11.8 Å². The van der Waals surface area contributed by atoms with E-state index in [-0.39, 0.29) is 12.3 Å². The average Bonchev–Trinajstić information content (AvgIpc) is 3.18. The highest BCUT2D eigenvalue weighted by molar-refractivity contribution is 7.84. The van der Waals surface area contributed by atoms with Gasteiger partial charge in [-0.1, -0.05) is 6.07 Å². The molecule has 2 aromatic heterocycles. The summed E-state index contributed by atoms with van der Waals surface area (Å²) in [7, 11) is -4.63.